The normalized spacial score (nSPS) is 16.2. The Morgan fingerprint density at radius 2 is 1.94 bits per heavy atom. The van der Waals surface area contributed by atoms with Gasteiger partial charge in [-0.3, -0.25) is 4.79 Å². The highest BCUT2D eigenvalue weighted by Gasteiger charge is 2.23. The van der Waals surface area contributed by atoms with Gasteiger partial charge in [-0.25, -0.2) is 4.98 Å². The lowest BCUT2D eigenvalue weighted by Crippen LogP contribution is -2.37. The van der Waals surface area contributed by atoms with Crippen molar-refractivity contribution < 1.29 is 9.53 Å². The summed E-state index contributed by atoms with van der Waals surface area (Å²) in [4.78, 5) is 26.4. The molecule has 0 spiro atoms. The first-order chi connectivity index (χ1) is 15.2. The number of aryl methyl sites for hydroxylation is 1. The Morgan fingerprint density at radius 3 is 2.68 bits per heavy atom. The lowest BCUT2D eigenvalue weighted by atomic mass is 10.1. The lowest BCUT2D eigenvalue weighted by Gasteiger charge is -2.29. The number of nitrogens with one attached hydrogen (secondary N) is 1. The number of anilines is 2. The maximum atomic E-state index is 12.7. The summed E-state index contributed by atoms with van der Waals surface area (Å²) in [5.41, 5.74) is 1.81. The largest absolute Gasteiger partial charge is 0.378 e. The minimum atomic E-state index is -0.109. The number of ether oxygens (including phenoxy) is 1. The minimum Gasteiger partial charge on any atom is -0.378 e. The number of carbonyl (C=O) groups is 1. The van der Waals surface area contributed by atoms with E-state index >= 15 is 0 Å². The Kier molecular flexibility index (Phi) is 7.35. The van der Waals surface area contributed by atoms with Crippen LogP contribution in [0.5, 0.6) is 0 Å². The molecule has 4 rings (SSSR count). The first-order valence-corrected chi connectivity index (χ1v) is 11.4. The molecule has 0 bridgehead atoms. The summed E-state index contributed by atoms with van der Waals surface area (Å²) in [7, 11) is 2.01. The van der Waals surface area contributed by atoms with Crippen LogP contribution < -0.4 is 15.1 Å². The molecule has 1 aromatic heterocycles. The Bertz CT molecular complexity index is 850. The van der Waals surface area contributed by atoms with Gasteiger partial charge in [0.25, 0.3) is 5.91 Å². The molecule has 1 amide bonds. The number of hydrogen-bond acceptors (Lipinski definition) is 6. The van der Waals surface area contributed by atoms with E-state index < -0.39 is 0 Å². The molecule has 0 radical (unpaired) electrons. The van der Waals surface area contributed by atoms with Gasteiger partial charge >= 0.3 is 0 Å². The Labute approximate surface area is 184 Å². The number of benzene rings is 1. The molecule has 7 nitrogen and oxygen atoms in total. The number of nitrogens with zero attached hydrogens (tertiary/aromatic N) is 4. The second-order valence-corrected chi connectivity index (χ2v) is 8.53. The fourth-order valence-electron chi connectivity index (χ4n) is 3.74. The maximum Gasteiger partial charge on any atom is 0.270 e. The van der Waals surface area contributed by atoms with Crippen LogP contribution in [-0.4, -0.2) is 62.3 Å². The SMILES string of the molecule is CN(CCCCc1ccccc1)c1nc(C(=O)NCC2CC2)cc(N2CCOCC2)n1. The van der Waals surface area contributed by atoms with Crippen molar-refractivity contribution in [3.8, 4) is 0 Å². The van der Waals surface area contributed by atoms with E-state index in [0.717, 1.165) is 51.3 Å². The van der Waals surface area contributed by atoms with E-state index in [2.05, 4.69) is 50.4 Å². The van der Waals surface area contributed by atoms with Gasteiger partial charge in [0.05, 0.1) is 13.2 Å². The molecule has 1 aliphatic carbocycles. The first-order valence-electron chi connectivity index (χ1n) is 11.4. The zero-order valence-corrected chi connectivity index (χ0v) is 18.4. The summed E-state index contributed by atoms with van der Waals surface area (Å²) in [6.07, 6.45) is 5.63. The summed E-state index contributed by atoms with van der Waals surface area (Å²) in [5.74, 6) is 1.94. The molecule has 0 atom stereocenters. The quantitative estimate of drug-likeness (QED) is 0.593. The van der Waals surface area contributed by atoms with E-state index in [4.69, 9.17) is 9.72 Å². The molecule has 2 heterocycles. The second-order valence-electron chi connectivity index (χ2n) is 8.53. The van der Waals surface area contributed by atoms with Crippen molar-refractivity contribution in [3.63, 3.8) is 0 Å². The molecule has 1 saturated carbocycles. The summed E-state index contributed by atoms with van der Waals surface area (Å²) in [6.45, 7) is 4.50. The van der Waals surface area contributed by atoms with Crippen LogP contribution in [0, 0.1) is 5.92 Å². The van der Waals surface area contributed by atoms with Gasteiger partial charge in [0.1, 0.15) is 11.5 Å². The smallest absolute Gasteiger partial charge is 0.270 e. The Morgan fingerprint density at radius 1 is 1.16 bits per heavy atom. The van der Waals surface area contributed by atoms with Gasteiger partial charge in [0, 0.05) is 39.3 Å². The highest BCUT2D eigenvalue weighted by atomic mass is 16.5. The zero-order valence-electron chi connectivity index (χ0n) is 18.4. The average molecular weight is 424 g/mol. The third kappa shape index (κ3) is 6.40. The van der Waals surface area contributed by atoms with Gasteiger partial charge in [-0.1, -0.05) is 30.3 Å². The van der Waals surface area contributed by atoms with Crippen LogP contribution >= 0.6 is 0 Å². The molecule has 2 fully saturated rings. The van der Waals surface area contributed by atoms with Crippen molar-refractivity contribution in [1.29, 1.82) is 0 Å². The predicted molar refractivity (Wildman–Crippen MR) is 123 cm³/mol. The second kappa shape index (κ2) is 10.6. The Hall–Kier alpha value is -2.67. The van der Waals surface area contributed by atoms with E-state index in [1.54, 1.807) is 0 Å². The summed E-state index contributed by atoms with van der Waals surface area (Å²) < 4.78 is 5.48. The number of morpholine rings is 1. The summed E-state index contributed by atoms with van der Waals surface area (Å²) in [6, 6.07) is 12.4. The van der Waals surface area contributed by atoms with Crippen molar-refractivity contribution in [1.82, 2.24) is 15.3 Å². The van der Waals surface area contributed by atoms with Gasteiger partial charge in [0.15, 0.2) is 0 Å². The molecule has 7 heteroatoms. The molecule has 2 aromatic rings. The van der Waals surface area contributed by atoms with Crippen molar-refractivity contribution in [2.45, 2.75) is 32.1 Å². The summed E-state index contributed by atoms with van der Waals surface area (Å²) in [5, 5.41) is 3.04. The van der Waals surface area contributed by atoms with Crippen LogP contribution in [-0.2, 0) is 11.2 Å². The van der Waals surface area contributed by atoms with Crippen LogP contribution in [0.4, 0.5) is 11.8 Å². The van der Waals surface area contributed by atoms with Crippen molar-refractivity contribution >= 4 is 17.7 Å². The monoisotopic (exact) mass is 423 g/mol. The minimum absolute atomic E-state index is 0.109. The highest BCUT2D eigenvalue weighted by molar-refractivity contribution is 5.93. The van der Waals surface area contributed by atoms with Crippen molar-refractivity contribution in [2.24, 2.45) is 5.92 Å². The molecular weight excluding hydrogens is 390 g/mol. The van der Waals surface area contributed by atoms with E-state index in [9.17, 15) is 4.79 Å². The van der Waals surface area contributed by atoms with Gasteiger partial charge in [-0.05, 0) is 43.6 Å². The molecule has 1 aromatic carbocycles. The van der Waals surface area contributed by atoms with Gasteiger partial charge in [0.2, 0.25) is 5.95 Å². The summed E-state index contributed by atoms with van der Waals surface area (Å²) >= 11 is 0. The molecular formula is C24H33N5O2. The van der Waals surface area contributed by atoms with Gasteiger partial charge < -0.3 is 19.9 Å². The topological polar surface area (TPSA) is 70.6 Å². The highest BCUT2D eigenvalue weighted by Crippen LogP contribution is 2.27. The number of aromatic nitrogens is 2. The molecule has 1 N–H and O–H groups in total. The third-order valence-corrected chi connectivity index (χ3v) is 5.91. The van der Waals surface area contributed by atoms with E-state index in [-0.39, 0.29) is 5.91 Å². The van der Waals surface area contributed by atoms with Crippen LogP contribution in [0.2, 0.25) is 0 Å². The van der Waals surface area contributed by atoms with Gasteiger partial charge in [-0.15, -0.1) is 0 Å². The Balaban J connectivity index is 1.40. The standard InChI is InChI=1S/C24H33N5O2/c1-28(12-6-5-9-19-7-3-2-4-8-19)24-26-21(23(30)25-18-20-10-11-20)17-22(27-24)29-13-15-31-16-14-29/h2-4,7-8,17,20H,5-6,9-16,18H2,1H3,(H,25,30). The third-order valence-electron chi connectivity index (χ3n) is 5.91. The fourth-order valence-corrected chi connectivity index (χ4v) is 3.74. The number of amides is 1. The molecule has 2 aliphatic rings. The number of rotatable bonds is 10. The van der Waals surface area contributed by atoms with Crippen LogP contribution in [0.3, 0.4) is 0 Å². The number of unbranched alkanes of at least 4 members (excludes halogenated alkanes) is 1. The zero-order chi connectivity index (χ0) is 21.5. The van der Waals surface area contributed by atoms with E-state index in [1.807, 2.05) is 13.1 Å². The average Bonchev–Trinajstić information content (AvgIpc) is 3.66. The van der Waals surface area contributed by atoms with Crippen molar-refractivity contribution in [2.75, 3.05) is 56.2 Å². The van der Waals surface area contributed by atoms with E-state index in [1.165, 1.54) is 18.4 Å². The number of hydrogen-bond donors (Lipinski definition) is 1. The van der Waals surface area contributed by atoms with Crippen LogP contribution in [0.25, 0.3) is 0 Å². The van der Waals surface area contributed by atoms with Crippen LogP contribution in [0.15, 0.2) is 36.4 Å². The van der Waals surface area contributed by atoms with E-state index in [0.29, 0.717) is 30.8 Å². The predicted octanol–water partition coefficient (Wildman–Crippen LogP) is 2.91. The lowest BCUT2D eigenvalue weighted by molar-refractivity contribution is 0.0946. The molecule has 1 saturated heterocycles. The molecule has 0 unspecified atom stereocenters. The fraction of sp³-hybridized carbons (Fsp3) is 0.542. The van der Waals surface area contributed by atoms with Gasteiger partial charge in [-0.2, -0.15) is 4.98 Å². The van der Waals surface area contributed by atoms with Crippen molar-refractivity contribution in [3.05, 3.63) is 47.7 Å². The van der Waals surface area contributed by atoms with Crippen LogP contribution in [0.1, 0.15) is 41.7 Å². The molecule has 166 valence electrons. The first kappa shape index (κ1) is 21.6. The molecule has 31 heavy (non-hydrogen) atoms. The maximum absolute atomic E-state index is 12.7. The molecule has 1 aliphatic heterocycles. The number of carbonyl (C=O) groups excluding carboxylic acids is 1.